The van der Waals surface area contributed by atoms with Crippen molar-refractivity contribution >= 4 is 18.3 Å². The van der Waals surface area contributed by atoms with Crippen LogP contribution in [0.25, 0.3) is 0 Å². The molecule has 23 heavy (non-hydrogen) atoms. The van der Waals surface area contributed by atoms with Crippen molar-refractivity contribution in [1.82, 2.24) is 20.4 Å². The molecule has 3 heterocycles. The highest BCUT2D eigenvalue weighted by atomic mass is 35.5. The molecule has 2 aliphatic rings. The van der Waals surface area contributed by atoms with Crippen molar-refractivity contribution in [3.63, 3.8) is 0 Å². The fourth-order valence-electron chi connectivity index (χ4n) is 3.63. The van der Waals surface area contributed by atoms with Gasteiger partial charge in [-0.05, 0) is 38.0 Å². The topological polar surface area (TPSA) is 61.0 Å². The summed E-state index contributed by atoms with van der Waals surface area (Å²) in [5.74, 6) is 0.830. The van der Waals surface area contributed by atoms with E-state index in [1.807, 2.05) is 0 Å². The van der Waals surface area contributed by atoms with Gasteiger partial charge in [-0.1, -0.05) is 13.8 Å². The van der Waals surface area contributed by atoms with Gasteiger partial charge in [0, 0.05) is 43.4 Å². The molecule has 1 aromatic rings. The summed E-state index contributed by atoms with van der Waals surface area (Å²) in [6.45, 7) is 7.12. The highest BCUT2D eigenvalue weighted by molar-refractivity contribution is 5.94. The molecule has 0 aromatic carbocycles. The first kappa shape index (κ1) is 18.3. The lowest BCUT2D eigenvalue weighted by Crippen LogP contribution is -2.44. The number of aromatic amines is 1. The number of fused-ring (bicyclic) bond motifs is 1. The number of hydrogen-bond donors (Lipinski definition) is 2. The minimum atomic E-state index is 0. The molecule has 1 atom stereocenters. The molecule has 3 rings (SSSR count). The SMILES string of the molecule is CC(C)CCC1CCCCN1C(=O)c1n[nH]c2c1CNCC2.Cl. The molecule has 130 valence electrons. The molecule has 1 unspecified atom stereocenters. The number of nitrogens with zero attached hydrogens (tertiary/aromatic N) is 2. The predicted molar refractivity (Wildman–Crippen MR) is 94.0 cm³/mol. The molecule has 2 aliphatic heterocycles. The first-order chi connectivity index (χ1) is 10.7. The normalized spacial score (nSPS) is 21.0. The Hall–Kier alpha value is -1.07. The lowest BCUT2D eigenvalue weighted by atomic mass is 9.94. The summed E-state index contributed by atoms with van der Waals surface area (Å²) in [5.41, 5.74) is 2.88. The quantitative estimate of drug-likeness (QED) is 0.886. The lowest BCUT2D eigenvalue weighted by molar-refractivity contribution is 0.0586. The number of nitrogens with one attached hydrogen (secondary N) is 2. The number of H-pyrrole nitrogens is 1. The van der Waals surface area contributed by atoms with Crippen molar-refractivity contribution in [2.24, 2.45) is 5.92 Å². The predicted octanol–water partition coefficient (Wildman–Crippen LogP) is 2.91. The molecule has 1 aromatic heterocycles. The average molecular weight is 341 g/mol. The molecule has 0 radical (unpaired) electrons. The third kappa shape index (κ3) is 4.07. The maximum Gasteiger partial charge on any atom is 0.274 e. The Bertz CT molecular complexity index is 529. The third-order valence-corrected chi connectivity index (χ3v) is 4.97. The molecule has 0 spiro atoms. The molecule has 5 nitrogen and oxygen atoms in total. The minimum Gasteiger partial charge on any atom is -0.334 e. The molecular formula is C17H29ClN4O. The fourth-order valence-corrected chi connectivity index (χ4v) is 3.63. The van der Waals surface area contributed by atoms with Crippen LogP contribution in [0.15, 0.2) is 0 Å². The molecule has 0 bridgehead atoms. The van der Waals surface area contributed by atoms with Gasteiger partial charge in [0.05, 0.1) is 0 Å². The van der Waals surface area contributed by atoms with Gasteiger partial charge in [-0.2, -0.15) is 5.10 Å². The van der Waals surface area contributed by atoms with Crippen molar-refractivity contribution in [3.8, 4) is 0 Å². The standard InChI is InChI=1S/C17H28N4O.ClH/c1-12(2)6-7-13-5-3-4-10-21(13)17(22)16-14-11-18-9-8-15(14)19-20-16;/h12-13,18H,3-11H2,1-2H3,(H,19,20);1H. The molecule has 1 saturated heterocycles. The van der Waals surface area contributed by atoms with Crippen molar-refractivity contribution in [2.45, 2.75) is 65.0 Å². The molecular weight excluding hydrogens is 312 g/mol. The number of likely N-dealkylation sites (tertiary alicyclic amines) is 1. The summed E-state index contributed by atoms with van der Waals surface area (Å²) in [6, 6.07) is 0.396. The van der Waals surface area contributed by atoms with Gasteiger partial charge < -0.3 is 10.2 Å². The molecule has 0 saturated carbocycles. The average Bonchev–Trinajstić information content (AvgIpc) is 2.96. The van der Waals surface area contributed by atoms with Crippen LogP contribution in [0.4, 0.5) is 0 Å². The summed E-state index contributed by atoms with van der Waals surface area (Å²) in [7, 11) is 0. The number of rotatable bonds is 4. The maximum atomic E-state index is 13.0. The van der Waals surface area contributed by atoms with E-state index in [4.69, 9.17) is 0 Å². The number of aromatic nitrogens is 2. The second kappa shape index (κ2) is 8.15. The first-order valence-electron chi connectivity index (χ1n) is 8.74. The van der Waals surface area contributed by atoms with E-state index in [0.29, 0.717) is 17.7 Å². The van der Waals surface area contributed by atoms with Crippen LogP contribution in [0.1, 0.15) is 67.7 Å². The molecule has 2 N–H and O–H groups in total. The van der Waals surface area contributed by atoms with Crippen molar-refractivity contribution in [3.05, 3.63) is 17.0 Å². The molecule has 1 fully saturated rings. The van der Waals surface area contributed by atoms with Crippen LogP contribution in [-0.4, -0.2) is 40.1 Å². The van der Waals surface area contributed by atoms with Crippen LogP contribution in [-0.2, 0) is 13.0 Å². The van der Waals surface area contributed by atoms with Gasteiger partial charge in [0.2, 0.25) is 0 Å². The van der Waals surface area contributed by atoms with E-state index >= 15 is 0 Å². The van der Waals surface area contributed by atoms with Crippen molar-refractivity contribution in [1.29, 1.82) is 0 Å². The third-order valence-electron chi connectivity index (χ3n) is 4.97. The number of piperidine rings is 1. The van der Waals surface area contributed by atoms with Gasteiger partial charge in [0.25, 0.3) is 5.91 Å². The maximum absolute atomic E-state index is 13.0. The second-order valence-electron chi connectivity index (χ2n) is 7.08. The Morgan fingerprint density at radius 1 is 1.39 bits per heavy atom. The second-order valence-corrected chi connectivity index (χ2v) is 7.08. The van der Waals surface area contributed by atoms with E-state index in [0.717, 1.165) is 56.6 Å². The summed E-state index contributed by atoms with van der Waals surface area (Å²) in [4.78, 5) is 15.1. The first-order valence-corrected chi connectivity index (χ1v) is 8.74. The Labute approximate surface area is 145 Å². The number of amides is 1. The Morgan fingerprint density at radius 2 is 2.22 bits per heavy atom. The van der Waals surface area contributed by atoms with E-state index in [1.165, 1.54) is 12.8 Å². The van der Waals surface area contributed by atoms with Gasteiger partial charge >= 0.3 is 0 Å². The highest BCUT2D eigenvalue weighted by Gasteiger charge is 2.31. The van der Waals surface area contributed by atoms with Gasteiger partial charge in [0.1, 0.15) is 0 Å². The summed E-state index contributed by atoms with van der Waals surface area (Å²) in [5, 5.41) is 10.8. The molecule has 6 heteroatoms. The zero-order chi connectivity index (χ0) is 15.5. The molecule has 1 amide bonds. The Balaban J connectivity index is 0.00000192. The van der Waals surface area contributed by atoms with Crippen LogP contribution in [0.3, 0.4) is 0 Å². The van der Waals surface area contributed by atoms with Crippen LogP contribution in [0.5, 0.6) is 0 Å². The zero-order valence-corrected chi connectivity index (χ0v) is 15.0. The van der Waals surface area contributed by atoms with E-state index in [-0.39, 0.29) is 18.3 Å². The zero-order valence-electron chi connectivity index (χ0n) is 14.2. The highest BCUT2D eigenvalue weighted by Crippen LogP contribution is 2.26. The largest absolute Gasteiger partial charge is 0.334 e. The minimum absolute atomic E-state index is 0. The Kier molecular flexibility index (Phi) is 6.48. The van der Waals surface area contributed by atoms with Gasteiger partial charge in [-0.3, -0.25) is 9.89 Å². The van der Waals surface area contributed by atoms with E-state index < -0.39 is 0 Å². The Morgan fingerprint density at radius 3 is 3.00 bits per heavy atom. The van der Waals surface area contributed by atoms with Crippen molar-refractivity contribution < 1.29 is 4.79 Å². The molecule has 0 aliphatic carbocycles. The summed E-state index contributed by atoms with van der Waals surface area (Å²) >= 11 is 0. The van der Waals surface area contributed by atoms with Gasteiger partial charge in [0.15, 0.2) is 5.69 Å². The van der Waals surface area contributed by atoms with E-state index in [9.17, 15) is 4.79 Å². The number of halogens is 1. The fraction of sp³-hybridized carbons (Fsp3) is 0.765. The number of carbonyl (C=O) groups excluding carboxylic acids is 1. The van der Waals surface area contributed by atoms with Crippen LogP contribution < -0.4 is 5.32 Å². The summed E-state index contributed by atoms with van der Waals surface area (Å²) in [6.07, 6.45) is 6.75. The van der Waals surface area contributed by atoms with Gasteiger partial charge in [-0.25, -0.2) is 0 Å². The lowest BCUT2D eigenvalue weighted by Gasteiger charge is -2.36. The summed E-state index contributed by atoms with van der Waals surface area (Å²) < 4.78 is 0. The van der Waals surface area contributed by atoms with Crippen LogP contribution in [0, 0.1) is 5.92 Å². The van der Waals surface area contributed by atoms with E-state index in [2.05, 4.69) is 34.3 Å². The van der Waals surface area contributed by atoms with Gasteiger partial charge in [-0.15, -0.1) is 12.4 Å². The van der Waals surface area contributed by atoms with Crippen LogP contribution >= 0.6 is 12.4 Å². The van der Waals surface area contributed by atoms with Crippen LogP contribution in [0.2, 0.25) is 0 Å². The number of carbonyl (C=O) groups is 1. The monoisotopic (exact) mass is 340 g/mol. The number of hydrogen-bond acceptors (Lipinski definition) is 3. The smallest absolute Gasteiger partial charge is 0.274 e. The van der Waals surface area contributed by atoms with Crippen molar-refractivity contribution in [2.75, 3.05) is 13.1 Å². The van der Waals surface area contributed by atoms with E-state index in [1.54, 1.807) is 0 Å².